The summed E-state index contributed by atoms with van der Waals surface area (Å²) >= 11 is 0. The highest BCUT2D eigenvalue weighted by Crippen LogP contribution is 2.68. The zero-order valence-corrected chi connectivity index (χ0v) is 12.4. The van der Waals surface area contributed by atoms with Crippen LogP contribution in [0.3, 0.4) is 0 Å². The number of nitriles is 1. The molecule has 20 heavy (non-hydrogen) atoms. The predicted octanol–water partition coefficient (Wildman–Crippen LogP) is 3.21. The summed E-state index contributed by atoms with van der Waals surface area (Å²) in [6.45, 7) is 8.39. The molecule has 0 bridgehead atoms. The van der Waals surface area contributed by atoms with Crippen molar-refractivity contribution in [2.75, 3.05) is 11.9 Å². The molecular weight excluding hydrogens is 252 g/mol. The van der Waals surface area contributed by atoms with Gasteiger partial charge in [-0.05, 0) is 23.0 Å². The number of hydrogen-bond donors (Lipinski definition) is 1. The number of nitrogens with one attached hydrogen (secondary N) is 1. The first-order valence-corrected chi connectivity index (χ1v) is 6.72. The molecule has 0 heterocycles. The van der Waals surface area contributed by atoms with Crippen molar-refractivity contribution < 1.29 is 9.53 Å². The van der Waals surface area contributed by atoms with E-state index in [4.69, 9.17) is 10.00 Å². The quantitative estimate of drug-likeness (QED) is 0.915. The van der Waals surface area contributed by atoms with Crippen LogP contribution in [-0.4, -0.2) is 12.5 Å². The van der Waals surface area contributed by atoms with E-state index in [1.807, 2.05) is 18.2 Å². The van der Waals surface area contributed by atoms with E-state index < -0.39 is 0 Å². The number of amides is 1. The second-order valence-electron chi connectivity index (χ2n) is 6.31. The molecule has 1 saturated carbocycles. The molecule has 1 aromatic rings. The zero-order valence-electron chi connectivity index (χ0n) is 12.4. The molecule has 0 spiro atoms. The van der Waals surface area contributed by atoms with Gasteiger partial charge in [0.25, 0.3) is 0 Å². The number of ether oxygens (including phenoxy) is 1. The minimum atomic E-state index is -0.0344. The Kier molecular flexibility index (Phi) is 3.47. The number of hydrogen-bond acceptors (Lipinski definition) is 3. The molecule has 1 fully saturated rings. The lowest BCUT2D eigenvalue weighted by atomic mass is 10.0. The lowest BCUT2D eigenvalue weighted by Crippen LogP contribution is -2.18. The molecular formula is C16H20N2O2. The highest BCUT2D eigenvalue weighted by molar-refractivity contribution is 5.97. The lowest BCUT2D eigenvalue weighted by Gasteiger charge is -2.11. The van der Waals surface area contributed by atoms with Gasteiger partial charge in [0.1, 0.15) is 11.8 Å². The number of benzene rings is 1. The third-order valence-corrected chi connectivity index (χ3v) is 4.72. The molecule has 0 radical (unpaired) electrons. The van der Waals surface area contributed by atoms with E-state index in [9.17, 15) is 4.79 Å². The molecule has 0 unspecified atom stereocenters. The molecule has 0 atom stereocenters. The van der Waals surface area contributed by atoms with Crippen LogP contribution in [0.1, 0.15) is 27.7 Å². The lowest BCUT2D eigenvalue weighted by molar-refractivity contribution is -0.118. The van der Waals surface area contributed by atoms with Gasteiger partial charge in [0.05, 0.1) is 5.69 Å². The maximum absolute atomic E-state index is 12.4. The van der Waals surface area contributed by atoms with E-state index in [0.717, 1.165) is 0 Å². The van der Waals surface area contributed by atoms with Gasteiger partial charge in [-0.3, -0.25) is 4.79 Å². The first kappa shape index (κ1) is 14.4. The zero-order chi connectivity index (χ0) is 15.0. The fourth-order valence-electron chi connectivity index (χ4n) is 2.86. The van der Waals surface area contributed by atoms with E-state index >= 15 is 0 Å². The van der Waals surface area contributed by atoms with Gasteiger partial charge in [0.15, 0.2) is 6.61 Å². The molecule has 1 aromatic carbocycles. The maximum atomic E-state index is 12.4. The van der Waals surface area contributed by atoms with Crippen LogP contribution in [0.5, 0.6) is 5.75 Å². The Bertz CT molecular complexity index is 556. The standard InChI is InChI=1S/C16H20N2O2/c1-15(2)13(16(15,3)4)14(19)18-11-7-5-6-8-12(11)20-10-9-17/h5-8,13H,10H2,1-4H3,(H,18,19). The molecule has 4 heteroatoms. The van der Waals surface area contributed by atoms with Crippen LogP contribution < -0.4 is 10.1 Å². The van der Waals surface area contributed by atoms with Crippen LogP contribution in [0.25, 0.3) is 0 Å². The molecule has 0 saturated heterocycles. The number of nitrogens with zero attached hydrogens (tertiary/aromatic N) is 1. The molecule has 0 aliphatic heterocycles. The van der Waals surface area contributed by atoms with Gasteiger partial charge in [-0.1, -0.05) is 39.8 Å². The van der Waals surface area contributed by atoms with Gasteiger partial charge < -0.3 is 10.1 Å². The average Bonchev–Trinajstić information content (AvgIpc) is 2.78. The molecule has 1 N–H and O–H groups in total. The first-order chi connectivity index (χ1) is 9.32. The molecule has 106 valence electrons. The van der Waals surface area contributed by atoms with Crippen molar-refractivity contribution >= 4 is 11.6 Å². The second kappa shape index (κ2) is 4.82. The van der Waals surface area contributed by atoms with Crippen molar-refractivity contribution in [1.29, 1.82) is 5.26 Å². The number of rotatable bonds is 4. The van der Waals surface area contributed by atoms with Crippen molar-refractivity contribution in [2.45, 2.75) is 27.7 Å². The van der Waals surface area contributed by atoms with E-state index in [1.54, 1.807) is 12.1 Å². The molecule has 4 nitrogen and oxygen atoms in total. The third-order valence-electron chi connectivity index (χ3n) is 4.72. The van der Waals surface area contributed by atoms with Crippen LogP contribution in [0.15, 0.2) is 24.3 Å². The largest absolute Gasteiger partial charge is 0.477 e. The van der Waals surface area contributed by atoms with Crippen molar-refractivity contribution in [3.05, 3.63) is 24.3 Å². The van der Waals surface area contributed by atoms with Crippen LogP contribution in [0.4, 0.5) is 5.69 Å². The summed E-state index contributed by atoms with van der Waals surface area (Å²) in [5.74, 6) is 0.519. The molecule has 2 rings (SSSR count). The highest BCUT2D eigenvalue weighted by atomic mass is 16.5. The van der Waals surface area contributed by atoms with E-state index in [0.29, 0.717) is 11.4 Å². The third kappa shape index (κ3) is 2.24. The van der Waals surface area contributed by atoms with E-state index in [1.165, 1.54) is 0 Å². The predicted molar refractivity (Wildman–Crippen MR) is 77.2 cm³/mol. The minimum absolute atomic E-state index is 0.000458. The Balaban J connectivity index is 2.12. The average molecular weight is 272 g/mol. The Morgan fingerprint density at radius 1 is 1.30 bits per heavy atom. The second-order valence-corrected chi connectivity index (χ2v) is 6.31. The smallest absolute Gasteiger partial charge is 0.228 e. The number of para-hydroxylation sites is 2. The SMILES string of the molecule is CC1(C)C(C(=O)Nc2ccccc2OCC#N)C1(C)C. The summed E-state index contributed by atoms with van der Waals surface area (Å²) in [6, 6.07) is 9.10. The van der Waals surface area contributed by atoms with Gasteiger partial charge in [-0.2, -0.15) is 5.26 Å². The molecule has 1 aliphatic rings. The number of anilines is 1. The van der Waals surface area contributed by atoms with E-state index in [-0.39, 0.29) is 29.3 Å². The van der Waals surface area contributed by atoms with Crippen molar-refractivity contribution in [2.24, 2.45) is 16.7 Å². The normalized spacial score (nSPS) is 18.9. The fourth-order valence-corrected chi connectivity index (χ4v) is 2.86. The summed E-state index contributed by atoms with van der Waals surface area (Å²) < 4.78 is 5.32. The minimum Gasteiger partial charge on any atom is -0.477 e. The fraction of sp³-hybridized carbons (Fsp3) is 0.500. The summed E-state index contributed by atoms with van der Waals surface area (Å²) in [5, 5.41) is 11.5. The molecule has 1 amide bonds. The Labute approximate surface area is 119 Å². The summed E-state index contributed by atoms with van der Waals surface area (Å²) in [4.78, 5) is 12.4. The highest BCUT2D eigenvalue weighted by Gasteiger charge is 2.68. The summed E-state index contributed by atoms with van der Waals surface area (Å²) in [6.07, 6.45) is 0. The Hall–Kier alpha value is -2.02. The van der Waals surface area contributed by atoms with Crippen molar-refractivity contribution in [1.82, 2.24) is 0 Å². The molecule has 0 aromatic heterocycles. The molecule has 1 aliphatic carbocycles. The van der Waals surface area contributed by atoms with Crippen molar-refractivity contribution in [3.63, 3.8) is 0 Å². The van der Waals surface area contributed by atoms with Crippen LogP contribution >= 0.6 is 0 Å². The number of carbonyl (C=O) groups excluding carboxylic acids is 1. The van der Waals surface area contributed by atoms with Crippen LogP contribution in [-0.2, 0) is 4.79 Å². The van der Waals surface area contributed by atoms with E-state index in [2.05, 4.69) is 33.0 Å². The van der Waals surface area contributed by atoms with Gasteiger partial charge >= 0.3 is 0 Å². The van der Waals surface area contributed by atoms with Gasteiger partial charge in [0.2, 0.25) is 5.91 Å². The van der Waals surface area contributed by atoms with Crippen LogP contribution in [0, 0.1) is 28.1 Å². The summed E-state index contributed by atoms with van der Waals surface area (Å²) in [5.41, 5.74) is 0.616. The Morgan fingerprint density at radius 3 is 2.45 bits per heavy atom. The summed E-state index contributed by atoms with van der Waals surface area (Å²) in [7, 11) is 0. The van der Waals surface area contributed by atoms with Gasteiger partial charge in [-0.15, -0.1) is 0 Å². The maximum Gasteiger partial charge on any atom is 0.228 e. The van der Waals surface area contributed by atoms with Crippen molar-refractivity contribution in [3.8, 4) is 11.8 Å². The number of carbonyl (C=O) groups is 1. The van der Waals surface area contributed by atoms with Crippen LogP contribution in [0.2, 0.25) is 0 Å². The Morgan fingerprint density at radius 2 is 1.90 bits per heavy atom. The first-order valence-electron chi connectivity index (χ1n) is 6.72. The van der Waals surface area contributed by atoms with Gasteiger partial charge in [-0.25, -0.2) is 0 Å². The topological polar surface area (TPSA) is 62.1 Å². The monoisotopic (exact) mass is 272 g/mol. The van der Waals surface area contributed by atoms with Gasteiger partial charge in [0, 0.05) is 5.92 Å².